The highest BCUT2D eigenvalue weighted by molar-refractivity contribution is 5.97. The van der Waals surface area contributed by atoms with Gasteiger partial charge in [-0.25, -0.2) is 0 Å². The lowest BCUT2D eigenvalue weighted by Crippen LogP contribution is -2.40. The van der Waals surface area contributed by atoms with Crippen molar-refractivity contribution >= 4 is 17.3 Å². The van der Waals surface area contributed by atoms with E-state index in [0.717, 1.165) is 43.6 Å². The van der Waals surface area contributed by atoms with Crippen LogP contribution >= 0.6 is 0 Å². The number of hydrogen-bond donors (Lipinski definition) is 1. The topological polar surface area (TPSA) is 46.3 Å². The summed E-state index contributed by atoms with van der Waals surface area (Å²) in [4.78, 5) is 15.0. The molecule has 1 fully saturated rings. The Morgan fingerprint density at radius 2 is 1.76 bits per heavy atom. The Hall–Kier alpha value is -1.51. The first-order valence-electron chi connectivity index (χ1n) is 8.46. The van der Waals surface area contributed by atoms with Crippen molar-refractivity contribution in [3.8, 4) is 0 Å². The van der Waals surface area contributed by atoms with E-state index in [-0.39, 0.29) is 5.92 Å². The Morgan fingerprint density at radius 1 is 1.05 bits per heavy atom. The Balaban J connectivity index is 1.80. The molecule has 1 aromatic carbocycles. The first-order valence-corrected chi connectivity index (χ1v) is 8.46. The summed E-state index contributed by atoms with van der Waals surface area (Å²) in [6.07, 6.45) is 10.5. The van der Waals surface area contributed by atoms with Gasteiger partial charge in [0, 0.05) is 23.8 Å². The molecule has 114 valence electrons. The molecule has 3 nitrogen and oxygen atoms in total. The second-order valence-corrected chi connectivity index (χ2v) is 6.48. The van der Waals surface area contributed by atoms with Crippen LogP contribution in [0.25, 0.3) is 0 Å². The van der Waals surface area contributed by atoms with Crippen molar-refractivity contribution in [3.63, 3.8) is 0 Å². The van der Waals surface area contributed by atoms with Gasteiger partial charge in [0.15, 0.2) is 0 Å². The van der Waals surface area contributed by atoms with Gasteiger partial charge in [-0.3, -0.25) is 4.79 Å². The van der Waals surface area contributed by atoms with E-state index in [4.69, 9.17) is 5.73 Å². The van der Waals surface area contributed by atoms with Crippen molar-refractivity contribution in [1.82, 2.24) is 0 Å². The molecule has 0 bridgehead atoms. The fraction of sp³-hybridized carbons (Fsp3) is 0.611. The smallest absolute Gasteiger partial charge is 0.230 e. The number of nitrogens with two attached hydrogens (primary N) is 1. The van der Waals surface area contributed by atoms with Crippen LogP contribution in [-0.2, 0) is 11.2 Å². The minimum Gasteiger partial charge on any atom is -0.398 e. The minimum absolute atomic E-state index is 0.220. The number of carbonyl (C=O) groups is 1. The molecule has 0 unspecified atom stereocenters. The van der Waals surface area contributed by atoms with Crippen LogP contribution in [0.15, 0.2) is 18.2 Å². The zero-order chi connectivity index (χ0) is 14.7. The van der Waals surface area contributed by atoms with Gasteiger partial charge in [0.2, 0.25) is 5.91 Å². The number of hydrogen-bond acceptors (Lipinski definition) is 2. The van der Waals surface area contributed by atoms with E-state index in [0.29, 0.717) is 5.91 Å². The molecule has 0 atom stereocenters. The fourth-order valence-corrected chi connectivity index (χ4v) is 3.80. The van der Waals surface area contributed by atoms with E-state index < -0.39 is 0 Å². The van der Waals surface area contributed by atoms with Crippen molar-refractivity contribution < 1.29 is 4.79 Å². The largest absolute Gasteiger partial charge is 0.398 e. The Labute approximate surface area is 127 Å². The van der Waals surface area contributed by atoms with Crippen LogP contribution in [0.4, 0.5) is 11.4 Å². The molecule has 1 aliphatic carbocycles. The maximum absolute atomic E-state index is 13.0. The highest BCUT2D eigenvalue weighted by Gasteiger charge is 2.29. The van der Waals surface area contributed by atoms with E-state index in [2.05, 4.69) is 6.07 Å². The molecular weight excluding hydrogens is 260 g/mol. The van der Waals surface area contributed by atoms with Crippen LogP contribution in [-0.4, -0.2) is 12.5 Å². The van der Waals surface area contributed by atoms with E-state index >= 15 is 0 Å². The molecule has 0 saturated heterocycles. The van der Waals surface area contributed by atoms with Gasteiger partial charge < -0.3 is 10.6 Å². The molecular formula is C18H26N2O. The Morgan fingerprint density at radius 3 is 2.52 bits per heavy atom. The molecule has 3 heteroatoms. The van der Waals surface area contributed by atoms with Gasteiger partial charge in [-0.2, -0.15) is 0 Å². The van der Waals surface area contributed by atoms with E-state index in [9.17, 15) is 4.79 Å². The van der Waals surface area contributed by atoms with E-state index in [1.165, 1.54) is 37.7 Å². The summed E-state index contributed by atoms with van der Waals surface area (Å²) in [6.45, 7) is 0.853. The summed E-state index contributed by atoms with van der Waals surface area (Å²) in [5.41, 5.74) is 9.16. The molecule has 3 rings (SSSR count). The first kappa shape index (κ1) is 14.4. The van der Waals surface area contributed by atoms with Crippen LogP contribution in [0.2, 0.25) is 0 Å². The van der Waals surface area contributed by atoms with Gasteiger partial charge in [0.1, 0.15) is 0 Å². The number of rotatable bonds is 1. The van der Waals surface area contributed by atoms with Gasteiger partial charge >= 0.3 is 0 Å². The predicted molar refractivity (Wildman–Crippen MR) is 87.3 cm³/mol. The molecule has 1 amide bonds. The van der Waals surface area contributed by atoms with Gasteiger partial charge in [-0.05, 0) is 43.4 Å². The number of carbonyl (C=O) groups excluding carboxylic acids is 1. The van der Waals surface area contributed by atoms with Crippen molar-refractivity contribution in [2.45, 2.75) is 57.8 Å². The van der Waals surface area contributed by atoms with Gasteiger partial charge in [0.25, 0.3) is 0 Å². The first-order chi connectivity index (χ1) is 10.3. The number of benzene rings is 1. The number of anilines is 2. The van der Waals surface area contributed by atoms with Crippen molar-refractivity contribution in [2.75, 3.05) is 17.2 Å². The molecule has 1 saturated carbocycles. The van der Waals surface area contributed by atoms with Gasteiger partial charge in [0.05, 0.1) is 0 Å². The summed E-state index contributed by atoms with van der Waals surface area (Å²) in [6, 6.07) is 5.98. The average Bonchev–Trinajstić information content (AvgIpc) is 2.46. The third-order valence-electron chi connectivity index (χ3n) is 5.01. The summed E-state index contributed by atoms with van der Waals surface area (Å²) < 4.78 is 0. The standard InChI is InChI=1S/C18H26N2O/c19-16-11-6-12-17-15(16)10-7-13-20(17)18(21)14-8-4-2-1-3-5-9-14/h6,11-12,14H,1-5,7-10,13,19H2. The molecule has 0 radical (unpaired) electrons. The summed E-state index contributed by atoms with van der Waals surface area (Å²) in [5, 5.41) is 0. The molecule has 1 aliphatic heterocycles. The fourth-order valence-electron chi connectivity index (χ4n) is 3.80. The lowest BCUT2D eigenvalue weighted by Gasteiger charge is -2.33. The Bertz CT molecular complexity index is 504. The van der Waals surface area contributed by atoms with Gasteiger partial charge in [-0.1, -0.05) is 38.2 Å². The Kier molecular flexibility index (Phi) is 4.47. The lowest BCUT2D eigenvalue weighted by atomic mass is 9.89. The number of amides is 1. The normalized spacial score (nSPS) is 20.5. The van der Waals surface area contributed by atoms with Crippen molar-refractivity contribution in [1.29, 1.82) is 0 Å². The quantitative estimate of drug-likeness (QED) is 0.796. The summed E-state index contributed by atoms with van der Waals surface area (Å²) in [7, 11) is 0. The molecule has 0 aromatic heterocycles. The third-order valence-corrected chi connectivity index (χ3v) is 5.01. The SMILES string of the molecule is Nc1cccc2c1CCCN2C(=O)C1CCCCCCC1. The minimum atomic E-state index is 0.220. The van der Waals surface area contributed by atoms with E-state index in [1.54, 1.807) is 0 Å². The lowest BCUT2D eigenvalue weighted by molar-refractivity contribution is -0.123. The molecule has 2 aliphatic rings. The molecule has 1 aromatic rings. The van der Waals surface area contributed by atoms with E-state index in [1.807, 2.05) is 17.0 Å². The van der Waals surface area contributed by atoms with Crippen LogP contribution in [0.1, 0.15) is 56.9 Å². The molecule has 1 heterocycles. The van der Waals surface area contributed by atoms with Crippen LogP contribution < -0.4 is 10.6 Å². The van der Waals surface area contributed by atoms with Gasteiger partial charge in [-0.15, -0.1) is 0 Å². The molecule has 0 spiro atoms. The number of nitrogens with zero attached hydrogens (tertiary/aromatic N) is 1. The number of nitrogen functional groups attached to an aromatic ring is 1. The predicted octanol–water partition coefficient (Wildman–Crippen LogP) is 3.91. The number of fused-ring (bicyclic) bond motifs is 1. The second-order valence-electron chi connectivity index (χ2n) is 6.48. The molecule has 21 heavy (non-hydrogen) atoms. The van der Waals surface area contributed by atoms with Crippen molar-refractivity contribution in [3.05, 3.63) is 23.8 Å². The summed E-state index contributed by atoms with van der Waals surface area (Å²) >= 11 is 0. The highest BCUT2D eigenvalue weighted by Crippen LogP contribution is 2.34. The van der Waals surface area contributed by atoms with Crippen LogP contribution in [0.3, 0.4) is 0 Å². The maximum atomic E-state index is 13.0. The van der Waals surface area contributed by atoms with Crippen LogP contribution in [0.5, 0.6) is 0 Å². The second kappa shape index (κ2) is 6.50. The molecule has 2 N–H and O–H groups in total. The van der Waals surface area contributed by atoms with Crippen molar-refractivity contribution in [2.24, 2.45) is 5.92 Å². The third kappa shape index (κ3) is 3.07. The summed E-state index contributed by atoms with van der Waals surface area (Å²) in [5.74, 6) is 0.557. The average molecular weight is 286 g/mol. The monoisotopic (exact) mass is 286 g/mol. The zero-order valence-electron chi connectivity index (χ0n) is 12.8. The van der Waals surface area contributed by atoms with Crippen LogP contribution in [0, 0.1) is 5.92 Å². The zero-order valence-corrected chi connectivity index (χ0v) is 12.8. The maximum Gasteiger partial charge on any atom is 0.230 e. The highest BCUT2D eigenvalue weighted by atomic mass is 16.2.